The number of aliphatic hydroxyl groups is 1. The second-order valence-corrected chi connectivity index (χ2v) is 3.69. The first-order valence-corrected chi connectivity index (χ1v) is 5.22. The smallest absolute Gasteiger partial charge is 0.0540 e. The summed E-state index contributed by atoms with van der Waals surface area (Å²) < 4.78 is 0. The van der Waals surface area contributed by atoms with Crippen molar-refractivity contribution in [3.8, 4) is 0 Å². The lowest BCUT2D eigenvalue weighted by Gasteiger charge is -2.08. The Kier molecular flexibility index (Phi) is 5.09. The van der Waals surface area contributed by atoms with Crippen LogP contribution in [0, 0.1) is 0 Å². The van der Waals surface area contributed by atoms with Crippen molar-refractivity contribution in [3.05, 3.63) is 12.2 Å². The SMILES string of the molecule is OC1CCCC/C=C\CCCC1. The van der Waals surface area contributed by atoms with Crippen molar-refractivity contribution in [2.75, 3.05) is 0 Å². The van der Waals surface area contributed by atoms with Gasteiger partial charge >= 0.3 is 0 Å². The van der Waals surface area contributed by atoms with Gasteiger partial charge in [-0.3, -0.25) is 0 Å². The van der Waals surface area contributed by atoms with Crippen LogP contribution in [0.25, 0.3) is 0 Å². The number of allylic oxidation sites excluding steroid dienone is 2. The van der Waals surface area contributed by atoms with Gasteiger partial charge in [0.05, 0.1) is 6.10 Å². The van der Waals surface area contributed by atoms with E-state index in [1.165, 1.54) is 38.5 Å². The van der Waals surface area contributed by atoms with Gasteiger partial charge in [-0.25, -0.2) is 0 Å². The third-order valence-corrected chi connectivity index (χ3v) is 2.48. The number of aliphatic hydroxyl groups excluding tert-OH is 1. The Labute approximate surface area is 75.5 Å². The molecule has 1 nitrogen and oxygen atoms in total. The number of rotatable bonds is 0. The Morgan fingerprint density at radius 1 is 0.833 bits per heavy atom. The normalized spacial score (nSPS) is 26.1. The summed E-state index contributed by atoms with van der Waals surface area (Å²) in [4.78, 5) is 0. The monoisotopic (exact) mass is 168 g/mol. The Balaban J connectivity index is 2.21. The summed E-state index contributed by atoms with van der Waals surface area (Å²) in [6.45, 7) is 0. The van der Waals surface area contributed by atoms with Crippen molar-refractivity contribution in [1.29, 1.82) is 0 Å². The van der Waals surface area contributed by atoms with Crippen LogP contribution >= 0.6 is 0 Å². The maximum atomic E-state index is 9.50. The number of hydrogen-bond donors (Lipinski definition) is 1. The zero-order chi connectivity index (χ0) is 8.65. The van der Waals surface area contributed by atoms with E-state index < -0.39 is 0 Å². The van der Waals surface area contributed by atoms with E-state index in [1.807, 2.05) is 0 Å². The highest BCUT2D eigenvalue weighted by molar-refractivity contribution is 4.82. The van der Waals surface area contributed by atoms with Gasteiger partial charge < -0.3 is 5.11 Å². The standard InChI is InChI=1S/C11H20O/c12-11-9-7-5-3-1-2-4-6-8-10-11/h1-2,11-12H,3-10H2/b2-1-. The zero-order valence-corrected chi connectivity index (χ0v) is 7.84. The average Bonchev–Trinajstić information content (AvgIpc) is 2.11. The molecule has 0 fully saturated rings. The molecule has 1 N–H and O–H groups in total. The molecule has 0 aromatic heterocycles. The summed E-state index contributed by atoms with van der Waals surface area (Å²) >= 11 is 0. The lowest BCUT2D eigenvalue weighted by Crippen LogP contribution is -2.05. The molecule has 0 aliphatic heterocycles. The van der Waals surface area contributed by atoms with Crippen molar-refractivity contribution in [2.24, 2.45) is 0 Å². The summed E-state index contributed by atoms with van der Waals surface area (Å²) in [6.07, 6.45) is 13.8. The summed E-state index contributed by atoms with van der Waals surface area (Å²) in [5.74, 6) is 0. The second kappa shape index (κ2) is 6.24. The Morgan fingerprint density at radius 3 is 1.83 bits per heavy atom. The molecule has 1 aliphatic rings. The fourth-order valence-electron chi connectivity index (χ4n) is 1.66. The fourth-order valence-corrected chi connectivity index (χ4v) is 1.66. The second-order valence-electron chi connectivity index (χ2n) is 3.69. The quantitative estimate of drug-likeness (QED) is 0.551. The predicted octanol–water partition coefficient (Wildman–Crippen LogP) is 3.04. The molecular formula is C11H20O. The van der Waals surface area contributed by atoms with Gasteiger partial charge in [0.15, 0.2) is 0 Å². The van der Waals surface area contributed by atoms with Crippen LogP contribution < -0.4 is 0 Å². The summed E-state index contributed by atoms with van der Waals surface area (Å²) in [5, 5.41) is 9.50. The van der Waals surface area contributed by atoms with Crippen molar-refractivity contribution >= 4 is 0 Å². The van der Waals surface area contributed by atoms with Crippen molar-refractivity contribution in [3.63, 3.8) is 0 Å². The van der Waals surface area contributed by atoms with Crippen LogP contribution in [0.3, 0.4) is 0 Å². The van der Waals surface area contributed by atoms with E-state index in [9.17, 15) is 5.11 Å². The Hall–Kier alpha value is -0.300. The molecule has 0 saturated heterocycles. The van der Waals surface area contributed by atoms with E-state index in [0.29, 0.717) is 0 Å². The minimum absolute atomic E-state index is 0.0249. The molecule has 0 unspecified atom stereocenters. The van der Waals surface area contributed by atoms with Crippen LogP contribution in [-0.2, 0) is 0 Å². The third kappa shape index (κ3) is 4.55. The minimum Gasteiger partial charge on any atom is -0.393 e. The molecule has 1 aliphatic carbocycles. The molecule has 0 radical (unpaired) electrons. The molecule has 0 amide bonds. The van der Waals surface area contributed by atoms with Gasteiger partial charge in [0, 0.05) is 0 Å². The highest BCUT2D eigenvalue weighted by atomic mass is 16.3. The van der Waals surface area contributed by atoms with E-state index in [4.69, 9.17) is 0 Å². The molecule has 1 heteroatoms. The van der Waals surface area contributed by atoms with Crippen LogP contribution in [0.2, 0.25) is 0 Å². The molecule has 0 aromatic carbocycles. The van der Waals surface area contributed by atoms with Crippen molar-refractivity contribution in [1.82, 2.24) is 0 Å². The van der Waals surface area contributed by atoms with Gasteiger partial charge in [0.1, 0.15) is 0 Å². The molecule has 0 atom stereocenters. The van der Waals surface area contributed by atoms with Crippen LogP contribution in [0.15, 0.2) is 12.2 Å². The van der Waals surface area contributed by atoms with E-state index in [2.05, 4.69) is 12.2 Å². The molecule has 0 spiro atoms. The van der Waals surface area contributed by atoms with Crippen LogP contribution in [0.1, 0.15) is 51.4 Å². The van der Waals surface area contributed by atoms with Crippen LogP contribution in [0.5, 0.6) is 0 Å². The van der Waals surface area contributed by atoms with Crippen LogP contribution in [-0.4, -0.2) is 11.2 Å². The maximum absolute atomic E-state index is 9.50. The van der Waals surface area contributed by atoms with E-state index in [0.717, 1.165) is 12.8 Å². The first-order chi connectivity index (χ1) is 5.89. The maximum Gasteiger partial charge on any atom is 0.0540 e. The predicted molar refractivity (Wildman–Crippen MR) is 52.1 cm³/mol. The molecular weight excluding hydrogens is 148 g/mol. The van der Waals surface area contributed by atoms with Crippen molar-refractivity contribution < 1.29 is 5.11 Å². The summed E-state index contributed by atoms with van der Waals surface area (Å²) in [6, 6.07) is 0. The van der Waals surface area contributed by atoms with Gasteiger partial charge in [-0.05, 0) is 38.5 Å². The molecule has 70 valence electrons. The van der Waals surface area contributed by atoms with E-state index in [1.54, 1.807) is 0 Å². The van der Waals surface area contributed by atoms with Gasteiger partial charge in [-0.15, -0.1) is 0 Å². The number of hydrogen-bond acceptors (Lipinski definition) is 1. The molecule has 0 heterocycles. The van der Waals surface area contributed by atoms with Crippen LogP contribution in [0.4, 0.5) is 0 Å². The Bertz CT molecular complexity index is 115. The van der Waals surface area contributed by atoms with E-state index >= 15 is 0 Å². The molecule has 1 rings (SSSR count). The zero-order valence-electron chi connectivity index (χ0n) is 7.84. The lowest BCUT2D eigenvalue weighted by atomic mass is 10.1. The lowest BCUT2D eigenvalue weighted by molar-refractivity contribution is 0.148. The molecule has 0 bridgehead atoms. The Morgan fingerprint density at radius 2 is 1.33 bits per heavy atom. The van der Waals surface area contributed by atoms with E-state index in [-0.39, 0.29) is 6.10 Å². The summed E-state index contributed by atoms with van der Waals surface area (Å²) in [7, 11) is 0. The van der Waals surface area contributed by atoms with Gasteiger partial charge in [-0.1, -0.05) is 25.0 Å². The van der Waals surface area contributed by atoms with Gasteiger partial charge in [0.2, 0.25) is 0 Å². The first kappa shape index (κ1) is 9.79. The molecule has 0 aromatic rings. The van der Waals surface area contributed by atoms with Gasteiger partial charge in [-0.2, -0.15) is 0 Å². The summed E-state index contributed by atoms with van der Waals surface area (Å²) in [5.41, 5.74) is 0. The average molecular weight is 168 g/mol. The minimum atomic E-state index is -0.0249. The largest absolute Gasteiger partial charge is 0.393 e. The molecule has 0 saturated carbocycles. The fraction of sp³-hybridized carbons (Fsp3) is 0.818. The van der Waals surface area contributed by atoms with Crippen molar-refractivity contribution in [2.45, 2.75) is 57.5 Å². The topological polar surface area (TPSA) is 20.2 Å². The highest BCUT2D eigenvalue weighted by Gasteiger charge is 2.03. The third-order valence-electron chi connectivity index (χ3n) is 2.48. The first-order valence-electron chi connectivity index (χ1n) is 5.22. The molecule has 12 heavy (non-hydrogen) atoms. The highest BCUT2D eigenvalue weighted by Crippen LogP contribution is 2.13. The van der Waals surface area contributed by atoms with Gasteiger partial charge in [0.25, 0.3) is 0 Å².